The number of hydrogen-bond acceptors (Lipinski definition) is 2. The molecule has 0 spiro atoms. The van der Waals surface area contributed by atoms with Gasteiger partial charge in [-0.05, 0) is 38.3 Å². The number of halogens is 1. The first-order valence-corrected chi connectivity index (χ1v) is 5.90. The van der Waals surface area contributed by atoms with Crippen molar-refractivity contribution in [2.24, 2.45) is 0 Å². The highest BCUT2D eigenvalue weighted by atomic mass is 35.5. The van der Waals surface area contributed by atoms with E-state index in [1.165, 1.54) is 31.2 Å². The van der Waals surface area contributed by atoms with E-state index < -0.39 is 0 Å². The van der Waals surface area contributed by atoms with E-state index in [9.17, 15) is 0 Å². The van der Waals surface area contributed by atoms with Crippen molar-refractivity contribution in [1.82, 2.24) is 5.32 Å². The van der Waals surface area contributed by atoms with Gasteiger partial charge in [-0.1, -0.05) is 18.5 Å². The Labute approximate surface area is 91.7 Å². The van der Waals surface area contributed by atoms with Crippen molar-refractivity contribution in [3.63, 3.8) is 0 Å². The van der Waals surface area contributed by atoms with Crippen LogP contribution in [-0.4, -0.2) is 25.3 Å². The fraction of sp³-hybridized carbons (Fsp3) is 0.818. The maximum atomic E-state index is 5.65. The molecule has 3 heteroatoms. The number of nitrogens with one attached hydrogen (secondary N) is 1. The van der Waals surface area contributed by atoms with Gasteiger partial charge in [0.25, 0.3) is 0 Å². The number of rotatable bonds is 5. The Bertz CT molecular complexity index is 165. The van der Waals surface area contributed by atoms with Gasteiger partial charge in [-0.15, -0.1) is 0 Å². The van der Waals surface area contributed by atoms with Crippen LogP contribution < -0.4 is 5.32 Å². The van der Waals surface area contributed by atoms with Crippen molar-refractivity contribution < 1.29 is 4.74 Å². The van der Waals surface area contributed by atoms with Crippen LogP contribution in [0.3, 0.4) is 0 Å². The van der Waals surface area contributed by atoms with Crippen molar-refractivity contribution >= 4 is 11.6 Å². The lowest BCUT2D eigenvalue weighted by molar-refractivity contribution is 0.0398. The van der Waals surface area contributed by atoms with E-state index in [1.54, 1.807) is 0 Å². The second kappa shape index (κ2) is 7.27. The molecule has 0 heterocycles. The lowest BCUT2D eigenvalue weighted by Gasteiger charge is -2.28. The molecule has 0 bridgehead atoms. The molecule has 1 fully saturated rings. The molecule has 0 aliphatic heterocycles. The molecule has 0 unspecified atom stereocenters. The van der Waals surface area contributed by atoms with Crippen molar-refractivity contribution in [2.75, 3.05) is 13.2 Å². The zero-order valence-corrected chi connectivity index (χ0v) is 9.59. The highest BCUT2D eigenvalue weighted by Gasteiger charge is 2.20. The van der Waals surface area contributed by atoms with Crippen molar-refractivity contribution in [1.29, 1.82) is 0 Å². The lowest BCUT2D eigenvalue weighted by Crippen LogP contribution is -2.35. The third kappa shape index (κ3) is 4.45. The fourth-order valence-electron chi connectivity index (χ4n) is 1.95. The Morgan fingerprint density at radius 3 is 2.64 bits per heavy atom. The normalized spacial score (nSPS) is 28.4. The van der Waals surface area contributed by atoms with Gasteiger partial charge >= 0.3 is 0 Å². The Balaban J connectivity index is 2.09. The van der Waals surface area contributed by atoms with Gasteiger partial charge in [0.05, 0.1) is 12.7 Å². The summed E-state index contributed by atoms with van der Waals surface area (Å²) in [5.74, 6) is 0. The van der Waals surface area contributed by atoms with E-state index in [0.717, 1.165) is 6.54 Å². The minimum Gasteiger partial charge on any atom is -0.374 e. The monoisotopic (exact) mass is 217 g/mol. The van der Waals surface area contributed by atoms with Crippen LogP contribution in [0.25, 0.3) is 0 Å². The molecule has 14 heavy (non-hydrogen) atoms. The molecule has 1 saturated carbocycles. The van der Waals surface area contributed by atoms with Gasteiger partial charge in [0.1, 0.15) is 0 Å². The molecule has 0 aromatic rings. The largest absolute Gasteiger partial charge is 0.374 e. The van der Waals surface area contributed by atoms with E-state index in [-0.39, 0.29) is 0 Å². The Morgan fingerprint density at radius 2 is 2.07 bits per heavy atom. The van der Waals surface area contributed by atoms with E-state index >= 15 is 0 Å². The van der Waals surface area contributed by atoms with Crippen LogP contribution >= 0.6 is 11.6 Å². The highest BCUT2D eigenvalue weighted by molar-refractivity contribution is 6.25. The SMILES string of the molecule is CCNC1CCC(OC/C=C/Cl)CC1. The molecular formula is C11H20ClNO. The third-order valence-corrected chi connectivity index (χ3v) is 2.86. The average Bonchev–Trinajstić information content (AvgIpc) is 2.21. The standard InChI is InChI=1S/C11H20ClNO/c1-2-13-10-4-6-11(7-5-10)14-9-3-8-12/h3,8,10-11,13H,2,4-7,9H2,1H3/b8-3+. The van der Waals surface area contributed by atoms with Gasteiger partial charge in [-0.3, -0.25) is 0 Å². The van der Waals surface area contributed by atoms with Gasteiger partial charge in [0.2, 0.25) is 0 Å². The summed E-state index contributed by atoms with van der Waals surface area (Å²) in [5, 5.41) is 3.48. The molecule has 0 aromatic heterocycles. The van der Waals surface area contributed by atoms with Crippen LogP contribution in [0.2, 0.25) is 0 Å². The summed E-state index contributed by atoms with van der Waals surface area (Å²) in [6.45, 7) is 3.89. The summed E-state index contributed by atoms with van der Waals surface area (Å²) in [6, 6.07) is 0.711. The molecule has 2 nitrogen and oxygen atoms in total. The van der Waals surface area contributed by atoms with Gasteiger partial charge in [0.15, 0.2) is 0 Å². The number of hydrogen-bond donors (Lipinski definition) is 1. The molecule has 0 radical (unpaired) electrons. The maximum Gasteiger partial charge on any atom is 0.0662 e. The van der Waals surface area contributed by atoms with Crippen LogP contribution in [0.1, 0.15) is 32.6 Å². The maximum absolute atomic E-state index is 5.65. The zero-order chi connectivity index (χ0) is 10.2. The first kappa shape index (κ1) is 12.0. The fourth-order valence-corrected chi connectivity index (χ4v) is 2.02. The molecular weight excluding hydrogens is 198 g/mol. The van der Waals surface area contributed by atoms with E-state index in [2.05, 4.69) is 12.2 Å². The van der Waals surface area contributed by atoms with Crippen LogP contribution in [0.15, 0.2) is 11.6 Å². The molecule has 82 valence electrons. The highest BCUT2D eigenvalue weighted by Crippen LogP contribution is 2.20. The predicted octanol–water partition coefficient (Wildman–Crippen LogP) is 2.68. The van der Waals surface area contributed by atoms with Crippen LogP contribution in [0.5, 0.6) is 0 Å². The van der Waals surface area contributed by atoms with Gasteiger partial charge in [-0.25, -0.2) is 0 Å². The second-order valence-electron chi connectivity index (χ2n) is 3.73. The zero-order valence-electron chi connectivity index (χ0n) is 8.84. The van der Waals surface area contributed by atoms with Crippen LogP contribution in [0.4, 0.5) is 0 Å². The quantitative estimate of drug-likeness (QED) is 0.765. The summed E-state index contributed by atoms with van der Waals surface area (Å²) in [6.07, 6.45) is 7.11. The van der Waals surface area contributed by atoms with Crippen molar-refractivity contribution in [2.45, 2.75) is 44.8 Å². The topological polar surface area (TPSA) is 21.3 Å². The molecule has 0 amide bonds. The molecule has 1 aliphatic rings. The summed E-state index contributed by atoms with van der Waals surface area (Å²) in [4.78, 5) is 0. The molecule has 0 atom stereocenters. The lowest BCUT2D eigenvalue weighted by atomic mass is 9.93. The van der Waals surface area contributed by atoms with Crippen molar-refractivity contribution in [3.8, 4) is 0 Å². The molecule has 1 N–H and O–H groups in total. The van der Waals surface area contributed by atoms with Gasteiger partial charge < -0.3 is 10.1 Å². The van der Waals surface area contributed by atoms with E-state index in [0.29, 0.717) is 18.8 Å². The van der Waals surface area contributed by atoms with Crippen LogP contribution in [-0.2, 0) is 4.74 Å². The molecule has 0 saturated heterocycles. The smallest absolute Gasteiger partial charge is 0.0662 e. The second-order valence-corrected chi connectivity index (χ2v) is 3.98. The van der Waals surface area contributed by atoms with Crippen molar-refractivity contribution in [3.05, 3.63) is 11.6 Å². The molecule has 0 aromatic carbocycles. The average molecular weight is 218 g/mol. The van der Waals surface area contributed by atoms with Crippen LogP contribution in [0, 0.1) is 0 Å². The van der Waals surface area contributed by atoms with Gasteiger partial charge in [-0.2, -0.15) is 0 Å². The summed E-state index contributed by atoms with van der Waals surface area (Å²) < 4.78 is 5.65. The predicted molar refractivity (Wildman–Crippen MR) is 60.7 cm³/mol. The summed E-state index contributed by atoms with van der Waals surface area (Å²) in [5.41, 5.74) is 1.52. The third-order valence-electron chi connectivity index (χ3n) is 2.68. The summed E-state index contributed by atoms with van der Waals surface area (Å²) in [7, 11) is 0. The summed E-state index contributed by atoms with van der Waals surface area (Å²) >= 11 is 5.41. The minimum absolute atomic E-state index is 0.442. The Hall–Kier alpha value is -0.0500. The molecule has 1 rings (SSSR count). The van der Waals surface area contributed by atoms with E-state index in [1.807, 2.05) is 6.08 Å². The van der Waals surface area contributed by atoms with E-state index in [4.69, 9.17) is 16.3 Å². The first-order chi connectivity index (χ1) is 6.86. The number of ether oxygens (including phenoxy) is 1. The Kier molecular flexibility index (Phi) is 6.24. The first-order valence-electron chi connectivity index (χ1n) is 5.47. The minimum atomic E-state index is 0.442. The Morgan fingerprint density at radius 1 is 1.36 bits per heavy atom. The van der Waals surface area contributed by atoms with Gasteiger partial charge in [0, 0.05) is 11.6 Å². The molecule has 1 aliphatic carbocycles.